The van der Waals surface area contributed by atoms with Crippen LogP contribution in [0.2, 0.25) is 0 Å². The lowest BCUT2D eigenvalue weighted by atomic mass is 9.95. The van der Waals surface area contributed by atoms with Crippen molar-refractivity contribution in [1.29, 1.82) is 0 Å². The van der Waals surface area contributed by atoms with E-state index in [9.17, 15) is 4.79 Å². The van der Waals surface area contributed by atoms with Crippen LogP contribution in [-0.4, -0.2) is 35.9 Å². The molecule has 0 aromatic carbocycles. The van der Waals surface area contributed by atoms with Gasteiger partial charge in [0, 0.05) is 25.0 Å². The van der Waals surface area contributed by atoms with E-state index in [4.69, 9.17) is 0 Å². The third kappa shape index (κ3) is 3.14. The first kappa shape index (κ1) is 14.2. The first-order chi connectivity index (χ1) is 10.3. The quantitative estimate of drug-likeness (QED) is 0.944. The molecule has 1 aliphatic heterocycles. The Labute approximate surface area is 128 Å². The van der Waals surface area contributed by atoms with E-state index in [2.05, 4.69) is 28.3 Å². The van der Waals surface area contributed by atoms with Gasteiger partial charge in [-0.15, -0.1) is 11.3 Å². The van der Waals surface area contributed by atoms with Gasteiger partial charge in [-0.05, 0) is 49.0 Å². The fraction of sp³-hybridized carbons (Fsp3) is 0.375. The van der Waals surface area contributed by atoms with Gasteiger partial charge in [0.1, 0.15) is 0 Å². The second kappa shape index (κ2) is 6.37. The van der Waals surface area contributed by atoms with Gasteiger partial charge in [-0.2, -0.15) is 0 Å². The second-order valence-corrected chi connectivity index (χ2v) is 6.40. The van der Waals surface area contributed by atoms with Gasteiger partial charge >= 0.3 is 0 Å². The zero-order chi connectivity index (χ0) is 14.7. The van der Waals surface area contributed by atoms with Crippen molar-refractivity contribution in [2.75, 3.05) is 20.1 Å². The van der Waals surface area contributed by atoms with Crippen LogP contribution in [0.1, 0.15) is 27.7 Å². The Morgan fingerprint density at radius 1 is 1.48 bits per heavy atom. The Morgan fingerprint density at radius 2 is 2.38 bits per heavy atom. The van der Waals surface area contributed by atoms with Gasteiger partial charge in [0.25, 0.3) is 5.91 Å². The van der Waals surface area contributed by atoms with Crippen LogP contribution in [0.3, 0.4) is 0 Å². The molecule has 0 unspecified atom stereocenters. The Kier molecular flexibility index (Phi) is 4.31. The third-order valence-corrected chi connectivity index (χ3v) is 4.94. The SMILES string of the molecule is CN1CC[C@@H](CNC(=O)c2cccs2)[C@@H]1c1cccnc1. The third-order valence-electron chi connectivity index (χ3n) is 4.07. The van der Waals surface area contributed by atoms with Crippen molar-refractivity contribution >= 4 is 17.2 Å². The van der Waals surface area contributed by atoms with Crippen LogP contribution in [0.5, 0.6) is 0 Å². The van der Waals surface area contributed by atoms with E-state index in [1.165, 1.54) is 16.9 Å². The number of amides is 1. The van der Waals surface area contributed by atoms with E-state index in [0.29, 0.717) is 18.5 Å². The molecular formula is C16H19N3OS. The van der Waals surface area contributed by atoms with E-state index < -0.39 is 0 Å². The summed E-state index contributed by atoms with van der Waals surface area (Å²) in [7, 11) is 2.14. The average molecular weight is 301 g/mol. The first-order valence-electron chi connectivity index (χ1n) is 7.17. The van der Waals surface area contributed by atoms with E-state index in [0.717, 1.165) is 17.8 Å². The summed E-state index contributed by atoms with van der Waals surface area (Å²) in [5.41, 5.74) is 1.23. The maximum Gasteiger partial charge on any atom is 0.261 e. The minimum Gasteiger partial charge on any atom is -0.351 e. The van der Waals surface area contributed by atoms with Crippen molar-refractivity contribution in [2.24, 2.45) is 5.92 Å². The monoisotopic (exact) mass is 301 g/mol. The Hall–Kier alpha value is -1.72. The molecular weight excluding hydrogens is 282 g/mol. The van der Waals surface area contributed by atoms with Gasteiger partial charge in [-0.25, -0.2) is 0 Å². The summed E-state index contributed by atoms with van der Waals surface area (Å²) in [6, 6.07) is 8.19. The Bertz CT molecular complexity index is 585. The van der Waals surface area contributed by atoms with Gasteiger partial charge in [-0.3, -0.25) is 14.7 Å². The highest BCUT2D eigenvalue weighted by Crippen LogP contribution is 2.35. The normalized spacial score (nSPS) is 22.3. The first-order valence-corrected chi connectivity index (χ1v) is 8.05. The van der Waals surface area contributed by atoms with Crippen LogP contribution in [0.25, 0.3) is 0 Å². The molecule has 1 fully saturated rings. The van der Waals surface area contributed by atoms with E-state index in [-0.39, 0.29) is 5.91 Å². The highest BCUT2D eigenvalue weighted by molar-refractivity contribution is 7.12. The summed E-state index contributed by atoms with van der Waals surface area (Å²) in [6.07, 6.45) is 4.83. The second-order valence-electron chi connectivity index (χ2n) is 5.45. The van der Waals surface area contributed by atoms with Gasteiger partial charge in [-0.1, -0.05) is 12.1 Å². The topological polar surface area (TPSA) is 45.2 Å². The molecule has 4 nitrogen and oxygen atoms in total. The predicted octanol–water partition coefficient (Wildman–Crippen LogP) is 2.57. The number of likely N-dealkylation sites (tertiary alicyclic amines) is 1. The molecule has 1 saturated heterocycles. The number of aromatic nitrogens is 1. The molecule has 0 bridgehead atoms. The summed E-state index contributed by atoms with van der Waals surface area (Å²) in [5.74, 6) is 0.465. The van der Waals surface area contributed by atoms with Crippen molar-refractivity contribution in [1.82, 2.24) is 15.2 Å². The van der Waals surface area contributed by atoms with Crippen LogP contribution in [0.4, 0.5) is 0 Å². The summed E-state index contributed by atoms with van der Waals surface area (Å²) < 4.78 is 0. The number of hydrogen-bond acceptors (Lipinski definition) is 4. The molecule has 2 aromatic rings. The predicted molar refractivity (Wildman–Crippen MR) is 84.4 cm³/mol. The Morgan fingerprint density at radius 3 is 3.10 bits per heavy atom. The molecule has 1 amide bonds. The van der Waals surface area contributed by atoms with Crippen LogP contribution >= 0.6 is 11.3 Å². The van der Waals surface area contributed by atoms with Crippen molar-refractivity contribution < 1.29 is 4.79 Å². The lowest BCUT2D eigenvalue weighted by Gasteiger charge is -2.25. The van der Waals surface area contributed by atoms with E-state index in [1.54, 1.807) is 6.20 Å². The molecule has 1 N–H and O–H groups in total. The zero-order valence-electron chi connectivity index (χ0n) is 12.0. The molecule has 2 atom stereocenters. The van der Waals surface area contributed by atoms with Gasteiger partial charge < -0.3 is 5.32 Å². The molecule has 110 valence electrons. The van der Waals surface area contributed by atoms with Gasteiger partial charge in [0.05, 0.1) is 4.88 Å². The molecule has 0 aliphatic carbocycles. The molecule has 21 heavy (non-hydrogen) atoms. The van der Waals surface area contributed by atoms with Crippen LogP contribution in [0, 0.1) is 5.92 Å². The number of carbonyl (C=O) groups excluding carboxylic acids is 1. The molecule has 0 saturated carbocycles. The summed E-state index contributed by atoms with van der Waals surface area (Å²) >= 11 is 1.48. The van der Waals surface area contributed by atoms with Crippen molar-refractivity contribution in [2.45, 2.75) is 12.5 Å². The van der Waals surface area contributed by atoms with Gasteiger partial charge in [0.2, 0.25) is 0 Å². The number of nitrogens with zero attached hydrogens (tertiary/aromatic N) is 2. The number of nitrogens with one attached hydrogen (secondary N) is 1. The number of pyridine rings is 1. The number of rotatable bonds is 4. The van der Waals surface area contributed by atoms with Crippen molar-refractivity contribution in [3.8, 4) is 0 Å². The molecule has 3 heterocycles. The number of thiophene rings is 1. The molecule has 0 radical (unpaired) electrons. The lowest BCUT2D eigenvalue weighted by molar-refractivity contribution is 0.0947. The maximum atomic E-state index is 12.1. The fourth-order valence-electron chi connectivity index (χ4n) is 3.04. The largest absolute Gasteiger partial charge is 0.351 e. The minimum absolute atomic E-state index is 0.0319. The summed E-state index contributed by atoms with van der Waals surface area (Å²) in [5, 5.41) is 5.00. The molecule has 5 heteroatoms. The molecule has 0 spiro atoms. The summed E-state index contributed by atoms with van der Waals surface area (Å²) in [6.45, 7) is 1.76. The van der Waals surface area contributed by atoms with E-state index in [1.807, 2.05) is 29.8 Å². The maximum absolute atomic E-state index is 12.1. The highest BCUT2D eigenvalue weighted by Gasteiger charge is 2.33. The fourth-order valence-corrected chi connectivity index (χ4v) is 3.68. The van der Waals surface area contributed by atoms with Crippen molar-refractivity contribution in [3.63, 3.8) is 0 Å². The summed E-state index contributed by atoms with van der Waals surface area (Å²) in [4.78, 5) is 19.4. The number of carbonyl (C=O) groups is 1. The molecule has 1 aliphatic rings. The average Bonchev–Trinajstić information content (AvgIpc) is 3.15. The zero-order valence-corrected chi connectivity index (χ0v) is 12.8. The van der Waals surface area contributed by atoms with E-state index >= 15 is 0 Å². The standard InChI is InChI=1S/C16H19N3OS/c1-19-8-6-13(15(19)12-4-2-7-17-10-12)11-18-16(20)14-5-3-9-21-14/h2-5,7,9-10,13,15H,6,8,11H2,1H3,(H,18,20)/t13-,15-/m0/s1. The van der Waals surface area contributed by atoms with Crippen molar-refractivity contribution in [3.05, 3.63) is 52.5 Å². The molecule has 2 aromatic heterocycles. The van der Waals surface area contributed by atoms with Crippen LogP contribution in [-0.2, 0) is 0 Å². The lowest BCUT2D eigenvalue weighted by Crippen LogP contribution is -2.32. The molecule has 3 rings (SSSR count). The smallest absolute Gasteiger partial charge is 0.261 e. The van der Waals surface area contributed by atoms with Crippen LogP contribution in [0.15, 0.2) is 42.0 Å². The van der Waals surface area contributed by atoms with Crippen LogP contribution < -0.4 is 5.32 Å². The highest BCUT2D eigenvalue weighted by atomic mass is 32.1. The van der Waals surface area contributed by atoms with Gasteiger partial charge in [0.15, 0.2) is 0 Å². The Balaban J connectivity index is 1.66. The number of hydrogen-bond donors (Lipinski definition) is 1. The minimum atomic E-state index is 0.0319.